The predicted molar refractivity (Wildman–Crippen MR) is 94.3 cm³/mol. The largest absolute Gasteiger partial charge is 0.493 e. The zero-order valence-electron chi connectivity index (χ0n) is 13.6. The molecule has 0 aliphatic carbocycles. The molecule has 0 amide bonds. The van der Waals surface area contributed by atoms with Gasteiger partial charge in [-0.1, -0.05) is 42.5 Å². The number of hydrogen-bond acceptors (Lipinski definition) is 3. The Morgan fingerprint density at radius 2 is 1.96 bits per heavy atom. The van der Waals surface area contributed by atoms with Crippen molar-refractivity contribution in [2.45, 2.75) is 19.4 Å². The molecule has 7 nitrogen and oxygen atoms in total. The lowest BCUT2D eigenvalue weighted by atomic mass is 10.1. The van der Waals surface area contributed by atoms with Crippen LogP contribution in [0.25, 0.3) is 10.4 Å². The zero-order valence-corrected chi connectivity index (χ0v) is 14.4. The molecule has 130 valence electrons. The Balaban J connectivity index is 1.76. The van der Waals surface area contributed by atoms with Crippen molar-refractivity contribution in [1.82, 2.24) is 4.31 Å². The minimum atomic E-state index is -4.04. The van der Waals surface area contributed by atoms with Gasteiger partial charge in [-0.15, -0.1) is 0 Å². The number of benzene rings is 2. The molecule has 25 heavy (non-hydrogen) atoms. The van der Waals surface area contributed by atoms with E-state index < -0.39 is 10.2 Å². The summed E-state index contributed by atoms with van der Waals surface area (Å²) in [6.45, 7) is 1.08. The summed E-state index contributed by atoms with van der Waals surface area (Å²) < 4.78 is 34.1. The number of rotatable bonds is 7. The summed E-state index contributed by atoms with van der Waals surface area (Å²) in [6, 6.07) is 15.1. The Labute approximate surface area is 146 Å². The molecule has 1 aliphatic rings. The third-order valence-electron chi connectivity index (χ3n) is 4.07. The van der Waals surface area contributed by atoms with Crippen LogP contribution in [0.2, 0.25) is 0 Å². The molecule has 8 heteroatoms. The second-order valence-corrected chi connectivity index (χ2v) is 7.33. The van der Waals surface area contributed by atoms with Gasteiger partial charge in [-0.3, -0.25) is 0 Å². The number of azide groups is 1. The summed E-state index contributed by atoms with van der Waals surface area (Å²) in [5.74, 6) is 0.895. The summed E-state index contributed by atoms with van der Waals surface area (Å²) >= 11 is 0. The third-order valence-corrected chi connectivity index (χ3v) is 5.32. The number of hydrogen-bond donors (Lipinski definition) is 0. The van der Waals surface area contributed by atoms with Crippen LogP contribution in [0.3, 0.4) is 0 Å². The van der Waals surface area contributed by atoms with Crippen LogP contribution in [-0.4, -0.2) is 25.9 Å². The fourth-order valence-electron chi connectivity index (χ4n) is 2.81. The number of fused-ring (bicyclic) bond motifs is 1. The van der Waals surface area contributed by atoms with E-state index in [0.29, 0.717) is 13.0 Å². The van der Waals surface area contributed by atoms with Gasteiger partial charge in [0, 0.05) is 28.9 Å². The molecule has 0 radical (unpaired) electrons. The van der Waals surface area contributed by atoms with Gasteiger partial charge in [0.05, 0.1) is 6.61 Å². The van der Waals surface area contributed by atoms with Crippen LogP contribution >= 0.6 is 0 Å². The van der Waals surface area contributed by atoms with Gasteiger partial charge in [0.1, 0.15) is 5.75 Å². The molecule has 3 rings (SSSR count). The maximum Gasteiger partial charge on any atom is 0.302 e. The molecule has 0 bridgehead atoms. The highest BCUT2D eigenvalue weighted by atomic mass is 32.2. The van der Waals surface area contributed by atoms with Crippen molar-refractivity contribution in [2.24, 2.45) is 4.52 Å². The average Bonchev–Trinajstić information content (AvgIpc) is 3.07. The van der Waals surface area contributed by atoms with Crippen LogP contribution < -0.4 is 4.74 Å². The zero-order chi connectivity index (χ0) is 17.7. The van der Waals surface area contributed by atoms with Crippen molar-refractivity contribution in [3.8, 4) is 5.75 Å². The van der Waals surface area contributed by atoms with Crippen molar-refractivity contribution >= 4 is 10.2 Å². The summed E-state index contributed by atoms with van der Waals surface area (Å²) in [7, 11) is -4.04. The first-order chi connectivity index (χ1) is 12.1. The first-order valence-corrected chi connectivity index (χ1v) is 9.33. The maximum atomic E-state index is 12.2. The van der Waals surface area contributed by atoms with Crippen LogP contribution in [0.1, 0.15) is 16.7 Å². The lowest BCUT2D eigenvalue weighted by Crippen LogP contribution is -2.30. The standard InChI is InChI=1S/C17H18N4O3S/c18-19-20-25(22,23)21(13-15-4-2-1-3-5-15)10-8-14-6-7-17-16(12-14)9-11-24-17/h1-7,12H,8-11,13H2. The highest BCUT2D eigenvalue weighted by Gasteiger charge is 2.21. The molecule has 0 spiro atoms. The van der Waals surface area contributed by atoms with Gasteiger partial charge >= 0.3 is 10.2 Å². The van der Waals surface area contributed by atoms with E-state index in [2.05, 4.69) is 9.43 Å². The molecule has 1 heterocycles. The molecular weight excluding hydrogens is 340 g/mol. The van der Waals surface area contributed by atoms with Crippen molar-refractivity contribution < 1.29 is 13.2 Å². The summed E-state index contributed by atoms with van der Waals surface area (Å²) in [5, 5.41) is 0. The molecule has 2 aromatic rings. The monoisotopic (exact) mass is 358 g/mol. The van der Waals surface area contributed by atoms with Gasteiger partial charge in [0.2, 0.25) is 0 Å². The van der Waals surface area contributed by atoms with Crippen LogP contribution in [0.5, 0.6) is 5.75 Å². The highest BCUT2D eigenvalue weighted by Crippen LogP contribution is 2.26. The van der Waals surface area contributed by atoms with E-state index >= 15 is 0 Å². The molecule has 0 fully saturated rings. The molecule has 0 N–H and O–H groups in total. The van der Waals surface area contributed by atoms with E-state index in [9.17, 15) is 8.42 Å². The second-order valence-electron chi connectivity index (χ2n) is 5.76. The molecule has 0 atom stereocenters. The van der Waals surface area contributed by atoms with Crippen LogP contribution in [0.15, 0.2) is 53.1 Å². The molecule has 1 aliphatic heterocycles. The SMILES string of the molecule is [N-]=[N+]=NS(=O)(=O)N(CCc1ccc2c(c1)CCO2)Cc1ccccc1. The number of ether oxygens (including phenoxy) is 1. The Kier molecular flexibility index (Phi) is 5.23. The van der Waals surface area contributed by atoms with E-state index in [1.165, 1.54) is 4.31 Å². The molecule has 0 unspecified atom stereocenters. The molecule has 0 saturated carbocycles. The summed E-state index contributed by atoms with van der Waals surface area (Å²) in [6.07, 6.45) is 1.40. The maximum absolute atomic E-state index is 12.2. The lowest BCUT2D eigenvalue weighted by Gasteiger charge is -2.19. The van der Waals surface area contributed by atoms with Gasteiger partial charge in [-0.05, 0) is 34.7 Å². The number of nitrogens with zero attached hydrogens (tertiary/aromatic N) is 4. The smallest absolute Gasteiger partial charge is 0.302 e. The Morgan fingerprint density at radius 3 is 2.72 bits per heavy atom. The first-order valence-electron chi connectivity index (χ1n) is 7.93. The van der Waals surface area contributed by atoms with E-state index in [4.69, 9.17) is 10.3 Å². The van der Waals surface area contributed by atoms with Crippen LogP contribution in [-0.2, 0) is 29.6 Å². The Bertz CT molecular complexity index is 893. The lowest BCUT2D eigenvalue weighted by molar-refractivity contribution is 0.356. The van der Waals surface area contributed by atoms with E-state index in [1.807, 2.05) is 48.5 Å². The fourth-order valence-corrected chi connectivity index (χ4v) is 3.64. The minimum Gasteiger partial charge on any atom is -0.493 e. The second kappa shape index (κ2) is 7.57. The third kappa shape index (κ3) is 4.30. The van der Waals surface area contributed by atoms with E-state index in [1.54, 1.807) is 0 Å². The highest BCUT2D eigenvalue weighted by molar-refractivity contribution is 7.87. The normalized spacial score (nSPS) is 13.2. The minimum absolute atomic E-state index is 0.163. The predicted octanol–water partition coefficient (Wildman–Crippen LogP) is 3.22. The molecule has 2 aromatic carbocycles. The van der Waals surface area contributed by atoms with Gasteiger partial charge in [-0.25, -0.2) is 8.42 Å². The van der Waals surface area contributed by atoms with Crippen LogP contribution in [0.4, 0.5) is 0 Å². The van der Waals surface area contributed by atoms with Crippen molar-refractivity contribution in [2.75, 3.05) is 13.2 Å². The quantitative estimate of drug-likeness (QED) is 0.432. The molecular formula is C17H18N4O3S. The van der Waals surface area contributed by atoms with Crippen molar-refractivity contribution in [3.63, 3.8) is 0 Å². The van der Waals surface area contributed by atoms with Crippen LogP contribution in [0, 0.1) is 0 Å². The average molecular weight is 358 g/mol. The summed E-state index contributed by atoms with van der Waals surface area (Å²) in [5.41, 5.74) is 11.6. The van der Waals surface area contributed by atoms with Gasteiger partial charge in [0.25, 0.3) is 0 Å². The molecule has 0 aromatic heterocycles. The van der Waals surface area contributed by atoms with Gasteiger partial charge in [0.15, 0.2) is 0 Å². The Morgan fingerprint density at radius 1 is 1.16 bits per heavy atom. The Hall–Kier alpha value is -2.54. The van der Waals surface area contributed by atoms with E-state index in [-0.39, 0.29) is 13.1 Å². The first kappa shape index (κ1) is 17.3. The van der Waals surface area contributed by atoms with Gasteiger partial charge in [-0.2, -0.15) is 4.31 Å². The fraction of sp³-hybridized carbons (Fsp3) is 0.294. The molecule has 0 saturated heterocycles. The summed E-state index contributed by atoms with van der Waals surface area (Å²) in [4.78, 5) is 2.45. The van der Waals surface area contributed by atoms with E-state index in [0.717, 1.165) is 28.9 Å². The van der Waals surface area contributed by atoms with Crippen molar-refractivity contribution in [3.05, 3.63) is 75.7 Å². The van der Waals surface area contributed by atoms with Gasteiger partial charge < -0.3 is 4.74 Å². The topological polar surface area (TPSA) is 95.4 Å². The van der Waals surface area contributed by atoms with Crippen molar-refractivity contribution in [1.29, 1.82) is 0 Å².